The van der Waals surface area contributed by atoms with Gasteiger partial charge < -0.3 is 14.2 Å². The summed E-state index contributed by atoms with van der Waals surface area (Å²) < 4.78 is 17.0. The normalized spacial score (nSPS) is 13.8. The van der Waals surface area contributed by atoms with Gasteiger partial charge in [0, 0.05) is 11.1 Å². The van der Waals surface area contributed by atoms with Crippen LogP contribution in [-0.4, -0.2) is 34.9 Å². The molecule has 8 nitrogen and oxygen atoms in total. The van der Waals surface area contributed by atoms with Gasteiger partial charge in [0.1, 0.15) is 12.4 Å². The number of thioether (sulfide) groups is 1. The van der Waals surface area contributed by atoms with E-state index in [2.05, 4.69) is 11.5 Å². The van der Waals surface area contributed by atoms with Gasteiger partial charge in [0.25, 0.3) is 11.8 Å². The number of carbonyl (C=O) groups is 2. The molecule has 10 heteroatoms. The molecule has 0 spiro atoms. The van der Waals surface area contributed by atoms with Crippen LogP contribution in [0.15, 0.2) is 71.6 Å². The monoisotopic (exact) mass is 545 g/mol. The molecule has 0 unspecified atom stereocenters. The van der Waals surface area contributed by atoms with E-state index >= 15 is 0 Å². The maximum atomic E-state index is 13.0. The summed E-state index contributed by atoms with van der Waals surface area (Å²) in [6.45, 7) is 2.47. The first-order valence-electron chi connectivity index (χ1n) is 11.5. The van der Waals surface area contributed by atoms with Crippen LogP contribution in [0.25, 0.3) is 6.08 Å². The van der Waals surface area contributed by atoms with E-state index in [9.17, 15) is 14.9 Å². The van der Waals surface area contributed by atoms with E-state index < -0.39 is 11.8 Å². The van der Waals surface area contributed by atoms with Gasteiger partial charge in [0.05, 0.1) is 30.3 Å². The van der Waals surface area contributed by atoms with Gasteiger partial charge in [-0.3, -0.25) is 15.0 Å². The number of thiocarbonyl (C=S) groups is 1. The van der Waals surface area contributed by atoms with Gasteiger partial charge in [0.15, 0.2) is 15.8 Å². The van der Waals surface area contributed by atoms with Crippen LogP contribution >= 0.6 is 24.0 Å². The van der Waals surface area contributed by atoms with Gasteiger partial charge in [-0.05, 0) is 73.2 Å². The van der Waals surface area contributed by atoms with Crippen molar-refractivity contribution in [3.63, 3.8) is 0 Å². The molecule has 192 valence electrons. The fourth-order valence-electron chi connectivity index (χ4n) is 3.54. The lowest BCUT2D eigenvalue weighted by Gasteiger charge is -2.15. The highest BCUT2D eigenvalue weighted by molar-refractivity contribution is 8.26. The molecular weight excluding hydrogens is 522 g/mol. The van der Waals surface area contributed by atoms with Crippen molar-refractivity contribution >= 4 is 46.2 Å². The van der Waals surface area contributed by atoms with Crippen LogP contribution in [0.5, 0.6) is 17.2 Å². The quantitative estimate of drug-likeness (QED) is 0.293. The predicted molar refractivity (Wildman–Crippen MR) is 149 cm³/mol. The third-order valence-corrected chi connectivity index (χ3v) is 6.75. The van der Waals surface area contributed by atoms with Gasteiger partial charge in [-0.1, -0.05) is 36.0 Å². The molecular formula is C28H23N3O5S2. The van der Waals surface area contributed by atoms with E-state index in [1.807, 2.05) is 19.1 Å². The molecule has 1 N–H and O–H groups in total. The number of methoxy groups -OCH3 is 1. The van der Waals surface area contributed by atoms with E-state index in [0.717, 1.165) is 22.3 Å². The number of carbonyl (C=O) groups excluding carboxylic acids is 2. The number of hydrogen-bond acceptors (Lipinski definition) is 8. The zero-order valence-electron chi connectivity index (χ0n) is 20.6. The van der Waals surface area contributed by atoms with E-state index in [1.54, 1.807) is 60.7 Å². The summed E-state index contributed by atoms with van der Waals surface area (Å²) in [5.41, 5.74) is 4.93. The minimum atomic E-state index is -0.469. The number of ether oxygens (including phenoxy) is 3. The molecule has 0 aliphatic carbocycles. The van der Waals surface area contributed by atoms with Crippen molar-refractivity contribution < 1.29 is 23.8 Å². The number of nitrogens with zero attached hydrogens (tertiary/aromatic N) is 2. The predicted octanol–water partition coefficient (Wildman–Crippen LogP) is 5.09. The largest absolute Gasteiger partial charge is 0.497 e. The maximum Gasteiger partial charge on any atom is 0.285 e. The first-order chi connectivity index (χ1) is 18.4. The average Bonchev–Trinajstić information content (AvgIpc) is 3.20. The van der Waals surface area contributed by atoms with Crippen LogP contribution in [0.4, 0.5) is 0 Å². The Morgan fingerprint density at radius 2 is 1.87 bits per heavy atom. The Morgan fingerprint density at radius 1 is 1.11 bits per heavy atom. The number of nitrogens with one attached hydrogen (secondary N) is 1. The Hall–Kier alpha value is -4.33. The fourth-order valence-corrected chi connectivity index (χ4v) is 4.72. The highest BCUT2D eigenvalue weighted by Crippen LogP contribution is 2.34. The molecule has 1 aliphatic heterocycles. The van der Waals surface area contributed by atoms with Crippen molar-refractivity contribution in [2.75, 3.05) is 13.7 Å². The number of amides is 2. The Labute approximate surface area is 229 Å². The van der Waals surface area contributed by atoms with Crippen molar-refractivity contribution in [2.24, 2.45) is 0 Å². The first kappa shape index (κ1) is 26.7. The molecule has 0 bridgehead atoms. The lowest BCUT2D eigenvalue weighted by atomic mass is 10.1. The van der Waals surface area contributed by atoms with Gasteiger partial charge in [-0.25, -0.2) is 0 Å². The topological polar surface area (TPSA) is 101 Å². The summed E-state index contributed by atoms with van der Waals surface area (Å²) in [5.74, 6) is 0.719. The summed E-state index contributed by atoms with van der Waals surface area (Å²) in [6, 6.07) is 21.2. The Balaban J connectivity index is 1.48. The zero-order valence-corrected chi connectivity index (χ0v) is 22.2. The standard InChI is InChI=1S/C28H23N3O5S2/c1-3-35-24-14-18(8-13-23(24)36-17-21-7-5-4-6-20(21)16-29)15-25-27(33)31(28(37)38-25)30-26(32)19-9-11-22(34-2)12-10-19/h4-15H,3,17H2,1-2H3,(H,30,32)/b25-15+. The molecule has 1 aliphatic rings. The summed E-state index contributed by atoms with van der Waals surface area (Å²) in [5, 5.41) is 10.4. The summed E-state index contributed by atoms with van der Waals surface area (Å²) in [6.07, 6.45) is 1.68. The van der Waals surface area contributed by atoms with Crippen molar-refractivity contribution in [3.8, 4) is 23.3 Å². The van der Waals surface area contributed by atoms with Crippen LogP contribution < -0.4 is 19.6 Å². The molecule has 0 atom stereocenters. The zero-order chi connectivity index (χ0) is 27.1. The van der Waals surface area contributed by atoms with Gasteiger partial charge in [-0.15, -0.1) is 0 Å². The molecule has 0 radical (unpaired) electrons. The van der Waals surface area contributed by atoms with Gasteiger partial charge in [0.2, 0.25) is 0 Å². The van der Waals surface area contributed by atoms with Crippen LogP contribution in [0, 0.1) is 11.3 Å². The van der Waals surface area contributed by atoms with E-state index in [-0.39, 0.29) is 10.9 Å². The van der Waals surface area contributed by atoms with E-state index in [4.69, 9.17) is 26.4 Å². The van der Waals surface area contributed by atoms with E-state index in [1.165, 1.54) is 7.11 Å². The lowest BCUT2D eigenvalue weighted by Crippen LogP contribution is -2.44. The lowest BCUT2D eigenvalue weighted by molar-refractivity contribution is -0.123. The molecule has 1 saturated heterocycles. The second-order valence-electron chi connectivity index (χ2n) is 7.88. The Kier molecular flexibility index (Phi) is 8.63. The van der Waals surface area contributed by atoms with Crippen LogP contribution in [0.3, 0.4) is 0 Å². The first-order valence-corrected chi connectivity index (χ1v) is 12.8. The maximum absolute atomic E-state index is 13.0. The van der Waals surface area contributed by atoms with Crippen molar-refractivity contribution in [1.29, 1.82) is 5.26 Å². The molecule has 38 heavy (non-hydrogen) atoms. The molecule has 4 rings (SSSR count). The third kappa shape index (κ3) is 6.14. The van der Waals surface area contributed by atoms with Crippen molar-refractivity contribution in [2.45, 2.75) is 13.5 Å². The van der Waals surface area contributed by atoms with E-state index in [0.29, 0.717) is 45.5 Å². The second kappa shape index (κ2) is 12.3. The number of nitriles is 1. The highest BCUT2D eigenvalue weighted by atomic mass is 32.2. The number of hydrazine groups is 1. The van der Waals surface area contributed by atoms with Crippen molar-refractivity contribution in [3.05, 3.63) is 93.9 Å². The minimum absolute atomic E-state index is 0.204. The van der Waals surface area contributed by atoms with Gasteiger partial charge >= 0.3 is 0 Å². The minimum Gasteiger partial charge on any atom is -0.497 e. The smallest absolute Gasteiger partial charge is 0.285 e. The fraction of sp³-hybridized carbons (Fsp3) is 0.143. The molecule has 3 aromatic rings. The number of benzene rings is 3. The third-order valence-electron chi connectivity index (χ3n) is 5.45. The van der Waals surface area contributed by atoms with Crippen molar-refractivity contribution in [1.82, 2.24) is 10.4 Å². The molecule has 3 aromatic carbocycles. The van der Waals surface area contributed by atoms with Gasteiger partial charge in [-0.2, -0.15) is 10.3 Å². The molecule has 1 fully saturated rings. The van der Waals surface area contributed by atoms with Crippen LogP contribution in [-0.2, 0) is 11.4 Å². The molecule has 0 saturated carbocycles. The second-order valence-corrected chi connectivity index (χ2v) is 9.56. The molecule has 0 aromatic heterocycles. The number of rotatable bonds is 9. The van der Waals surface area contributed by atoms with Crippen LogP contribution in [0.2, 0.25) is 0 Å². The van der Waals surface area contributed by atoms with Crippen LogP contribution in [0.1, 0.15) is 34.0 Å². The summed E-state index contributed by atoms with van der Waals surface area (Å²) in [4.78, 5) is 26.0. The summed E-state index contributed by atoms with van der Waals surface area (Å²) >= 11 is 6.42. The molecule has 1 heterocycles. The average molecular weight is 546 g/mol. The number of hydrogen-bond donors (Lipinski definition) is 1. The highest BCUT2D eigenvalue weighted by Gasteiger charge is 2.33. The Morgan fingerprint density at radius 3 is 2.58 bits per heavy atom. The SMILES string of the molecule is CCOc1cc(/C=C2/SC(=S)N(NC(=O)c3ccc(OC)cc3)C2=O)ccc1OCc1ccccc1C#N. The summed E-state index contributed by atoms with van der Waals surface area (Å²) in [7, 11) is 1.54. The Bertz CT molecular complexity index is 1450. The molecule has 2 amide bonds.